The van der Waals surface area contributed by atoms with Gasteiger partial charge in [0.15, 0.2) is 4.34 Å². The van der Waals surface area contributed by atoms with Crippen molar-refractivity contribution >= 4 is 22.1 Å². The molecule has 0 saturated carbocycles. The lowest BCUT2D eigenvalue weighted by Crippen LogP contribution is -2.07. The molecule has 0 saturated heterocycles. The molecule has 4 heteroatoms. The standard InChI is InChI=1S/C9H15NOS2/c1-5-13(11)8-10-6-7(12-8)9(2,3)4/h6H,5H2,1-4H3. The van der Waals surface area contributed by atoms with Gasteiger partial charge in [-0.2, -0.15) is 0 Å². The second-order valence-corrected chi connectivity index (χ2v) is 6.82. The van der Waals surface area contributed by atoms with Gasteiger partial charge in [-0.3, -0.25) is 4.21 Å². The van der Waals surface area contributed by atoms with Crippen LogP contribution in [0.15, 0.2) is 10.5 Å². The normalized spacial score (nSPS) is 14.5. The molecule has 1 aromatic rings. The summed E-state index contributed by atoms with van der Waals surface area (Å²) in [4.78, 5) is 5.37. The van der Waals surface area contributed by atoms with Gasteiger partial charge in [0.05, 0.1) is 10.8 Å². The van der Waals surface area contributed by atoms with Gasteiger partial charge >= 0.3 is 0 Å². The minimum Gasteiger partial charge on any atom is -0.252 e. The first kappa shape index (κ1) is 10.9. The van der Waals surface area contributed by atoms with Crippen LogP contribution >= 0.6 is 11.3 Å². The van der Waals surface area contributed by atoms with Gasteiger partial charge in [0.2, 0.25) is 0 Å². The molecule has 1 aromatic heterocycles. The van der Waals surface area contributed by atoms with E-state index < -0.39 is 10.8 Å². The molecule has 2 nitrogen and oxygen atoms in total. The van der Waals surface area contributed by atoms with Crippen LogP contribution in [0.25, 0.3) is 0 Å². The van der Waals surface area contributed by atoms with Crippen LogP contribution in [0.2, 0.25) is 0 Å². The molecule has 1 atom stereocenters. The molecule has 0 aromatic carbocycles. The molecule has 0 bridgehead atoms. The SMILES string of the molecule is CCS(=O)c1ncc(C(C)(C)C)s1. The lowest BCUT2D eigenvalue weighted by Gasteiger charge is -2.14. The average Bonchev–Trinajstić information content (AvgIpc) is 2.50. The summed E-state index contributed by atoms with van der Waals surface area (Å²) >= 11 is 1.56. The summed E-state index contributed by atoms with van der Waals surface area (Å²) < 4.78 is 12.2. The molecule has 0 aliphatic heterocycles. The number of nitrogens with zero attached hydrogens (tertiary/aromatic N) is 1. The summed E-state index contributed by atoms with van der Waals surface area (Å²) in [6.07, 6.45) is 1.84. The second kappa shape index (κ2) is 3.88. The third-order valence-electron chi connectivity index (χ3n) is 1.68. The highest BCUT2D eigenvalue weighted by atomic mass is 32.2. The molecule has 1 rings (SSSR count). The number of aromatic nitrogens is 1. The maximum Gasteiger partial charge on any atom is 0.180 e. The Kier molecular flexibility index (Phi) is 3.24. The lowest BCUT2D eigenvalue weighted by atomic mass is 9.96. The summed E-state index contributed by atoms with van der Waals surface area (Å²) in [6, 6.07) is 0. The van der Waals surface area contributed by atoms with Crippen LogP contribution in [0.3, 0.4) is 0 Å². The van der Waals surface area contributed by atoms with E-state index in [1.54, 1.807) is 11.3 Å². The van der Waals surface area contributed by atoms with Crippen LogP contribution in [0.4, 0.5) is 0 Å². The van der Waals surface area contributed by atoms with Crippen molar-refractivity contribution in [2.75, 3.05) is 5.75 Å². The van der Waals surface area contributed by atoms with Crippen molar-refractivity contribution in [1.82, 2.24) is 4.98 Å². The largest absolute Gasteiger partial charge is 0.252 e. The molecular formula is C9H15NOS2. The van der Waals surface area contributed by atoms with Gasteiger partial charge < -0.3 is 0 Å². The van der Waals surface area contributed by atoms with Gasteiger partial charge in [-0.1, -0.05) is 27.7 Å². The van der Waals surface area contributed by atoms with E-state index in [4.69, 9.17) is 0 Å². The van der Waals surface area contributed by atoms with Crippen LogP contribution in [-0.2, 0) is 16.2 Å². The Morgan fingerprint density at radius 2 is 2.15 bits per heavy atom. The Morgan fingerprint density at radius 1 is 1.54 bits per heavy atom. The van der Waals surface area contributed by atoms with Crippen molar-refractivity contribution in [3.63, 3.8) is 0 Å². The average molecular weight is 217 g/mol. The van der Waals surface area contributed by atoms with Crippen molar-refractivity contribution in [1.29, 1.82) is 0 Å². The van der Waals surface area contributed by atoms with E-state index >= 15 is 0 Å². The highest BCUT2D eigenvalue weighted by Crippen LogP contribution is 2.28. The van der Waals surface area contributed by atoms with Crippen molar-refractivity contribution in [3.8, 4) is 0 Å². The predicted octanol–water partition coefficient (Wildman–Crippen LogP) is 2.57. The first-order valence-corrected chi connectivity index (χ1v) is 6.43. The molecule has 0 aliphatic rings. The molecule has 0 aliphatic carbocycles. The molecule has 13 heavy (non-hydrogen) atoms. The Bertz CT molecular complexity index is 312. The Hall–Kier alpha value is -0.220. The van der Waals surface area contributed by atoms with E-state index in [0.29, 0.717) is 5.75 Å². The Morgan fingerprint density at radius 3 is 2.54 bits per heavy atom. The first-order valence-electron chi connectivity index (χ1n) is 4.30. The molecule has 0 amide bonds. The molecular weight excluding hydrogens is 202 g/mol. The first-order chi connectivity index (χ1) is 5.95. The highest BCUT2D eigenvalue weighted by molar-refractivity contribution is 7.87. The number of hydrogen-bond acceptors (Lipinski definition) is 3. The fourth-order valence-electron chi connectivity index (χ4n) is 0.834. The van der Waals surface area contributed by atoms with E-state index in [2.05, 4.69) is 25.8 Å². The predicted molar refractivity (Wildman–Crippen MR) is 57.8 cm³/mol. The summed E-state index contributed by atoms with van der Waals surface area (Å²) in [5, 5.41) is 0. The van der Waals surface area contributed by atoms with Crippen molar-refractivity contribution in [2.24, 2.45) is 0 Å². The van der Waals surface area contributed by atoms with E-state index in [1.165, 1.54) is 4.88 Å². The quantitative estimate of drug-likeness (QED) is 0.762. The third-order valence-corrected chi connectivity index (χ3v) is 4.73. The van der Waals surface area contributed by atoms with Gasteiger partial charge in [-0.15, -0.1) is 11.3 Å². The fraction of sp³-hybridized carbons (Fsp3) is 0.667. The van der Waals surface area contributed by atoms with Gasteiger partial charge in [0.25, 0.3) is 0 Å². The van der Waals surface area contributed by atoms with Crippen molar-refractivity contribution in [2.45, 2.75) is 37.4 Å². The monoisotopic (exact) mass is 217 g/mol. The van der Waals surface area contributed by atoms with Gasteiger partial charge in [0.1, 0.15) is 0 Å². The molecule has 0 spiro atoms. The Balaban J connectivity index is 2.93. The number of hydrogen-bond donors (Lipinski definition) is 0. The third kappa shape index (κ3) is 2.61. The summed E-state index contributed by atoms with van der Waals surface area (Å²) in [5.41, 5.74) is 0.119. The minimum absolute atomic E-state index is 0.119. The zero-order valence-corrected chi connectivity index (χ0v) is 10.1. The van der Waals surface area contributed by atoms with Gasteiger partial charge in [-0.05, 0) is 5.41 Å². The maximum atomic E-state index is 11.4. The summed E-state index contributed by atoms with van der Waals surface area (Å²) in [5.74, 6) is 0.650. The van der Waals surface area contributed by atoms with Crippen LogP contribution in [0.5, 0.6) is 0 Å². The smallest absolute Gasteiger partial charge is 0.180 e. The molecule has 1 unspecified atom stereocenters. The van der Waals surface area contributed by atoms with E-state index in [9.17, 15) is 4.21 Å². The molecule has 1 heterocycles. The van der Waals surface area contributed by atoms with Crippen LogP contribution in [0.1, 0.15) is 32.6 Å². The lowest BCUT2D eigenvalue weighted by molar-refractivity contribution is 0.602. The summed E-state index contributed by atoms with van der Waals surface area (Å²) in [7, 11) is -0.897. The molecule has 0 radical (unpaired) electrons. The molecule has 0 fully saturated rings. The molecule has 74 valence electrons. The second-order valence-electron chi connectivity index (χ2n) is 3.87. The van der Waals surface area contributed by atoms with Crippen LogP contribution < -0.4 is 0 Å². The zero-order valence-electron chi connectivity index (χ0n) is 8.46. The van der Waals surface area contributed by atoms with Crippen LogP contribution in [0, 0.1) is 0 Å². The number of thiazole rings is 1. The number of rotatable bonds is 2. The topological polar surface area (TPSA) is 30.0 Å². The van der Waals surface area contributed by atoms with Gasteiger partial charge in [-0.25, -0.2) is 4.98 Å². The Labute approximate surface area is 85.9 Å². The summed E-state index contributed by atoms with van der Waals surface area (Å²) in [6.45, 7) is 8.33. The highest BCUT2D eigenvalue weighted by Gasteiger charge is 2.18. The maximum absolute atomic E-state index is 11.4. The zero-order chi connectivity index (χ0) is 10.1. The van der Waals surface area contributed by atoms with E-state index in [1.807, 2.05) is 13.1 Å². The fourth-order valence-corrected chi connectivity index (χ4v) is 2.95. The van der Waals surface area contributed by atoms with Gasteiger partial charge in [0, 0.05) is 16.8 Å². The van der Waals surface area contributed by atoms with E-state index in [-0.39, 0.29) is 5.41 Å². The van der Waals surface area contributed by atoms with E-state index in [0.717, 1.165) is 4.34 Å². The van der Waals surface area contributed by atoms with Crippen LogP contribution in [-0.4, -0.2) is 14.9 Å². The van der Waals surface area contributed by atoms with Crippen molar-refractivity contribution < 1.29 is 4.21 Å². The van der Waals surface area contributed by atoms with Crippen molar-refractivity contribution in [3.05, 3.63) is 11.1 Å². The minimum atomic E-state index is -0.897. The molecule has 0 N–H and O–H groups in total.